The van der Waals surface area contributed by atoms with Gasteiger partial charge in [-0.05, 0) is 24.3 Å². The first-order valence-electron chi connectivity index (χ1n) is 5.97. The summed E-state index contributed by atoms with van der Waals surface area (Å²) in [6.07, 6.45) is -0.606. The van der Waals surface area contributed by atoms with Crippen LogP contribution in [0.5, 0.6) is 5.75 Å². The second-order valence-electron chi connectivity index (χ2n) is 4.17. The highest BCUT2D eigenvalue weighted by atomic mass is 32.1. The highest BCUT2D eigenvalue weighted by Crippen LogP contribution is 2.24. The van der Waals surface area contributed by atoms with Gasteiger partial charge >= 0.3 is 6.09 Å². The van der Waals surface area contributed by atoms with Gasteiger partial charge < -0.3 is 4.74 Å². The molecule has 21 heavy (non-hydrogen) atoms. The number of para-hydroxylation sites is 1. The Morgan fingerprint density at radius 2 is 1.81 bits per heavy atom. The molecule has 0 aromatic heterocycles. The monoisotopic (exact) mass is 304 g/mol. The minimum absolute atomic E-state index is 0.0659. The molecule has 2 rings (SSSR count). The lowest BCUT2D eigenvalue weighted by molar-refractivity contribution is -0.384. The highest BCUT2D eigenvalue weighted by Gasteiger charge is 2.15. The van der Waals surface area contributed by atoms with Crippen LogP contribution in [0.3, 0.4) is 0 Å². The number of hydrogen-bond acceptors (Lipinski definition) is 5. The number of nitro benzene ring substituents is 1. The smallest absolute Gasteiger partial charge is 0.410 e. The number of thiol groups is 1. The largest absolute Gasteiger partial charge is 0.419 e. The Kier molecular flexibility index (Phi) is 4.44. The van der Waals surface area contributed by atoms with Crippen LogP contribution < -0.4 is 9.64 Å². The Labute approximate surface area is 126 Å². The SMILES string of the molecule is CN(C(=O)Oc1ccc([N+](=O)[O-])cc1)c1ccccc1S. The molecule has 0 saturated heterocycles. The van der Waals surface area contributed by atoms with Crippen molar-refractivity contribution in [2.24, 2.45) is 0 Å². The summed E-state index contributed by atoms with van der Waals surface area (Å²) in [5.74, 6) is 0.231. The molecular weight excluding hydrogens is 292 g/mol. The van der Waals surface area contributed by atoms with Gasteiger partial charge in [0.25, 0.3) is 5.69 Å². The van der Waals surface area contributed by atoms with E-state index in [0.717, 1.165) is 0 Å². The van der Waals surface area contributed by atoms with Gasteiger partial charge in [0.05, 0.1) is 10.6 Å². The van der Waals surface area contributed by atoms with Crippen LogP contribution in [-0.2, 0) is 0 Å². The van der Waals surface area contributed by atoms with E-state index in [4.69, 9.17) is 4.74 Å². The molecule has 108 valence electrons. The van der Waals surface area contributed by atoms with E-state index in [1.165, 1.54) is 29.2 Å². The number of nitro groups is 1. The zero-order chi connectivity index (χ0) is 15.4. The van der Waals surface area contributed by atoms with Crippen LogP contribution in [0.25, 0.3) is 0 Å². The predicted octanol–water partition coefficient (Wildman–Crippen LogP) is 3.52. The van der Waals surface area contributed by atoms with Crippen molar-refractivity contribution in [2.45, 2.75) is 4.90 Å². The summed E-state index contributed by atoms with van der Waals surface area (Å²) in [5.41, 5.74) is 0.539. The van der Waals surface area contributed by atoms with Gasteiger partial charge in [0, 0.05) is 24.1 Å². The highest BCUT2D eigenvalue weighted by molar-refractivity contribution is 7.80. The van der Waals surface area contributed by atoms with Crippen molar-refractivity contribution in [2.75, 3.05) is 11.9 Å². The standard InChI is InChI=1S/C14H12N2O4S/c1-15(12-4-2-3-5-13(12)21)14(17)20-11-8-6-10(7-9-11)16(18)19/h2-9,21H,1H3. The van der Waals surface area contributed by atoms with Crippen molar-refractivity contribution >= 4 is 30.1 Å². The second kappa shape index (κ2) is 6.27. The maximum Gasteiger partial charge on any atom is 0.419 e. The van der Waals surface area contributed by atoms with Gasteiger partial charge in [-0.25, -0.2) is 4.79 Å². The first kappa shape index (κ1) is 14.9. The molecule has 7 heteroatoms. The maximum atomic E-state index is 12.0. The van der Waals surface area contributed by atoms with Gasteiger partial charge in [-0.2, -0.15) is 0 Å². The van der Waals surface area contributed by atoms with E-state index in [0.29, 0.717) is 10.6 Å². The number of carbonyl (C=O) groups is 1. The lowest BCUT2D eigenvalue weighted by atomic mass is 10.3. The van der Waals surface area contributed by atoms with Gasteiger partial charge in [0.15, 0.2) is 0 Å². The Hall–Kier alpha value is -2.54. The Morgan fingerprint density at radius 1 is 1.19 bits per heavy atom. The number of amides is 1. The summed E-state index contributed by atoms with van der Waals surface area (Å²) in [6, 6.07) is 12.4. The van der Waals surface area contributed by atoms with E-state index in [-0.39, 0.29) is 11.4 Å². The first-order valence-corrected chi connectivity index (χ1v) is 6.42. The van der Waals surface area contributed by atoms with Gasteiger partial charge in [0.1, 0.15) is 5.75 Å². The molecule has 0 N–H and O–H groups in total. The summed E-state index contributed by atoms with van der Waals surface area (Å²) in [6.45, 7) is 0. The van der Waals surface area contributed by atoms with Gasteiger partial charge in [-0.1, -0.05) is 12.1 Å². The van der Waals surface area contributed by atoms with E-state index in [2.05, 4.69) is 12.6 Å². The molecule has 0 aliphatic heterocycles. The number of rotatable bonds is 3. The minimum Gasteiger partial charge on any atom is -0.410 e. The molecule has 0 fully saturated rings. The first-order chi connectivity index (χ1) is 9.99. The van der Waals surface area contributed by atoms with Crippen molar-refractivity contribution in [1.29, 1.82) is 0 Å². The van der Waals surface area contributed by atoms with Crippen LogP contribution in [0.4, 0.5) is 16.2 Å². The van der Waals surface area contributed by atoms with Crippen molar-refractivity contribution in [3.8, 4) is 5.75 Å². The molecule has 0 heterocycles. The van der Waals surface area contributed by atoms with Crippen molar-refractivity contribution in [3.63, 3.8) is 0 Å². The van der Waals surface area contributed by atoms with Crippen LogP contribution in [0, 0.1) is 10.1 Å². The zero-order valence-corrected chi connectivity index (χ0v) is 12.0. The number of anilines is 1. The van der Waals surface area contributed by atoms with E-state index >= 15 is 0 Å². The fraction of sp³-hybridized carbons (Fsp3) is 0.0714. The number of hydrogen-bond donors (Lipinski definition) is 1. The Bertz CT molecular complexity index is 673. The van der Waals surface area contributed by atoms with Crippen molar-refractivity contribution in [3.05, 3.63) is 58.6 Å². The Balaban J connectivity index is 2.11. The minimum atomic E-state index is -0.606. The molecule has 0 spiro atoms. The zero-order valence-electron chi connectivity index (χ0n) is 11.1. The molecule has 0 radical (unpaired) electrons. The van der Waals surface area contributed by atoms with E-state index < -0.39 is 11.0 Å². The van der Waals surface area contributed by atoms with E-state index in [1.807, 2.05) is 0 Å². The Morgan fingerprint density at radius 3 is 2.38 bits per heavy atom. The molecule has 0 atom stereocenters. The molecule has 0 bridgehead atoms. The molecular formula is C14H12N2O4S. The lowest BCUT2D eigenvalue weighted by Gasteiger charge is -2.18. The second-order valence-corrected chi connectivity index (χ2v) is 4.65. The van der Waals surface area contributed by atoms with Gasteiger partial charge in [0.2, 0.25) is 0 Å². The lowest BCUT2D eigenvalue weighted by Crippen LogP contribution is -2.29. The number of non-ortho nitro benzene ring substituents is 1. The summed E-state index contributed by atoms with van der Waals surface area (Å²) < 4.78 is 5.15. The van der Waals surface area contributed by atoms with Crippen LogP contribution in [0.1, 0.15) is 0 Å². The molecule has 2 aromatic carbocycles. The average molecular weight is 304 g/mol. The van der Waals surface area contributed by atoms with E-state index in [1.54, 1.807) is 31.3 Å². The molecule has 6 nitrogen and oxygen atoms in total. The van der Waals surface area contributed by atoms with E-state index in [9.17, 15) is 14.9 Å². The summed E-state index contributed by atoms with van der Waals surface area (Å²) >= 11 is 4.27. The fourth-order valence-electron chi connectivity index (χ4n) is 1.65. The van der Waals surface area contributed by atoms with Gasteiger partial charge in [-0.3, -0.25) is 15.0 Å². The van der Waals surface area contributed by atoms with Gasteiger partial charge in [-0.15, -0.1) is 12.6 Å². The third kappa shape index (κ3) is 3.51. The fourth-order valence-corrected chi connectivity index (χ4v) is 1.96. The summed E-state index contributed by atoms with van der Waals surface area (Å²) in [5, 5.41) is 10.5. The third-order valence-corrected chi connectivity index (χ3v) is 3.15. The van der Waals surface area contributed by atoms with Crippen LogP contribution in [0.15, 0.2) is 53.4 Å². The molecule has 1 amide bonds. The molecule has 2 aromatic rings. The van der Waals surface area contributed by atoms with Crippen molar-refractivity contribution < 1.29 is 14.5 Å². The van der Waals surface area contributed by atoms with Crippen molar-refractivity contribution in [1.82, 2.24) is 0 Å². The maximum absolute atomic E-state index is 12.0. The molecule has 0 saturated carbocycles. The number of nitrogens with zero attached hydrogens (tertiary/aromatic N) is 2. The molecule has 0 aliphatic carbocycles. The van der Waals surface area contributed by atoms with Crippen LogP contribution in [0.2, 0.25) is 0 Å². The molecule has 0 aliphatic rings. The topological polar surface area (TPSA) is 72.7 Å². The van der Waals surface area contributed by atoms with Crippen LogP contribution in [-0.4, -0.2) is 18.1 Å². The average Bonchev–Trinajstić information content (AvgIpc) is 2.47. The molecule has 0 unspecified atom stereocenters. The quantitative estimate of drug-likeness (QED) is 0.535. The third-order valence-electron chi connectivity index (χ3n) is 2.77. The number of carbonyl (C=O) groups excluding carboxylic acids is 1. The number of benzene rings is 2. The number of ether oxygens (including phenoxy) is 1. The summed E-state index contributed by atoms with van der Waals surface area (Å²) in [4.78, 5) is 24.0. The van der Waals surface area contributed by atoms with Crippen LogP contribution >= 0.6 is 12.6 Å². The normalized spacial score (nSPS) is 10.0. The summed E-state index contributed by atoms with van der Waals surface area (Å²) in [7, 11) is 1.56. The predicted molar refractivity (Wildman–Crippen MR) is 81.2 cm³/mol.